The molecule has 4 aromatic rings. The summed E-state index contributed by atoms with van der Waals surface area (Å²) >= 11 is 0. The molecule has 0 amide bonds. The van der Waals surface area contributed by atoms with Crippen LogP contribution in [0, 0.1) is 0 Å². The summed E-state index contributed by atoms with van der Waals surface area (Å²) in [4.78, 5) is 6.65. The monoisotopic (exact) mass is 516 g/mol. The van der Waals surface area contributed by atoms with Crippen molar-refractivity contribution in [3.8, 4) is 17.0 Å². The van der Waals surface area contributed by atoms with Gasteiger partial charge < -0.3 is 14.8 Å². The maximum atomic E-state index is 15.0. The van der Waals surface area contributed by atoms with Crippen molar-refractivity contribution in [2.75, 3.05) is 38.7 Å². The summed E-state index contributed by atoms with van der Waals surface area (Å²) in [5.41, 5.74) is 3.12. The molecular formula is C24H27F3N8O2. The van der Waals surface area contributed by atoms with Crippen LogP contribution in [-0.4, -0.2) is 92.6 Å². The first-order valence-corrected chi connectivity index (χ1v) is 12.2. The average molecular weight is 517 g/mol. The lowest BCUT2D eigenvalue weighted by atomic mass is 10.0. The van der Waals surface area contributed by atoms with E-state index in [2.05, 4.69) is 30.6 Å². The molecule has 3 aromatic heterocycles. The SMILES string of the molecule is COc1nc(N[C@H]2CCN(C3COC3)C[C@@H]2F)nn2ccc(-c3ccc4nnn([C@H](C)C(F)F)c4c3)c12. The van der Waals surface area contributed by atoms with Crippen LogP contribution in [0.3, 0.4) is 0 Å². The zero-order valence-electron chi connectivity index (χ0n) is 20.4. The Morgan fingerprint density at radius 3 is 2.76 bits per heavy atom. The fraction of sp³-hybridized carbons (Fsp3) is 0.500. The van der Waals surface area contributed by atoms with Gasteiger partial charge in [-0.05, 0) is 37.1 Å². The number of rotatable bonds is 7. The van der Waals surface area contributed by atoms with E-state index in [-0.39, 0.29) is 5.95 Å². The first kappa shape index (κ1) is 23.9. The lowest BCUT2D eigenvalue weighted by molar-refractivity contribution is -0.0794. The molecule has 2 fully saturated rings. The number of benzene rings is 1. The van der Waals surface area contributed by atoms with Crippen LogP contribution in [0.15, 0.2) is 30.5 Å². The number of halogens is 3. The largest absolute Gasteiger partial charge is 0.479 e. The summed E-state index contributed by atoms with van der Waals surface area (Å²) in [6.45, 7) is 3.84. The van der Waals surface area contributed by atoms with Crippen LogP contribution >= 0.6 is 0 Å². The second kappa shape index (κ2) is 9.45. The Balaban J connectivity index is 1.29. The number of aromatic nitrogens is 6. The van der Waals surface area contributed by atoms with Gasteiger partial charge in [0.1, 0.15) is 23.2 Å². The smallest absolute Gasteiger partial charge is 0.260 e. The van der Waals surface area contributed by atoms with Gasteiger partial charge in [0.25, 0.3) is 6.43 Å². The molecule has 10 nitrogen and oxygen atoms in total. The molecule has 2 aliphatic heterocycles. The molecule has 0 unspecified atom stereocenters. The molecule has 196 valence electrons. The van der Waals surface area contributed by atoms with E-state index in [4.69, 9.17) is 9.47 Å². The number of hydrogen-bond acceptors (Lipinski definition) is 8. The number of ether oxygens (including phenoxy) is 2. The quantitative estimate of drug-likeness (QED) is 0.400. The van der Waals surface area contributed by atoms with E-state index in [9.17, 15) is 13.2 Å². The Kier molecular flexibility index (Phi) is 6.11. The number of alkyl halides is 3. The lowest BCUT2D eigenvalue weighted by Crippen LogP contribution is -2.57. The number of likely N-dealkylation sites (tertiary alicyclic amines) is 1. The molecule has 5 heterocycles. The predicted molar refractivity (Wildman–Crippen MR) is 130 cm³/mol. The van der Waals surface area contributed by atoms with E-state index >= 15 is 0 Å². The molecular weight excluding hydrogens is 489 g/mol. The van der Waals surface area contributed by atoms with E-state index in [1.807, 2.05) is 12.1 Å². The normalized spacial score (nSPS) is 22.0. The molecule has 6 rings (SSSR count). The topological polar surface area (TPSA) is 94.6 Å². The van der Waals surface area contributed by atoms with Crippen LogP contribution in [0.2, 0.25) is 0 Å². The Morgan fingerprint density at radius 1 is 1.22 bits per heavy atom. The van der Waals surface area contributed by atoms with Gasteiger partial charge in [-0.15, -0.1) is 10.2 Å². The van der Waals surface area contributed by atoms with Crippen LogP contribution < -0.4 is 10.1 Å². The lowest BCUT2D eigenvalue weighted by Gasteiger charge is -2.42. The Morgan fingerprint density at radius 2 is 2.05 bits per heavy atom. The molecule has 2 aliphatic rings. The molecule has 1 N–H and O–H groups in total. The maximum Gasteiger partial charge on any atom is 0.260 e. The number of nitrogens with zero attached hydrogens (tertiary/aromatic N) is 7. The van der Waals surface area contributed by atoms with Gasteiger partial charge in [0.15, 0.2) is 0 Å². The number of nitrogens with one attached hydrogen (secondary N) is 1. The number of methoxy groups -OCH3 is 1. The van der Waals surface area contributed by atoms with Crippen molar-refractivity contribution in [3.63, 3.8) is 0 Å². The first-order chi connectivity index (χ1) is 17.9. The number of fused-ring (bicyclic) bond motifs is 2. The molecule has 13 heteroatoms. The third-order valence-corrected chi connectivity index (χ3v) is 7.23. The third kappa shape index (κ3) is 4.25. The minimum atomic E-state index is -2.58. The molecule has 1 aromatic carbocycles. The molecule has 0 saturated carbocycles. The van der Waals surface area contributed by atoms with Crippen LogP contribution in [0.1, 0.15) is 19.4 Å². The second-order valence-corrected chi connectivity index (χ2v) is 9.52. The van der Waals surface area contributed by atoms with E-state index in [1.54, 1.807) is 22.8 Å². The van der Waals surface area contributed by atoms with Crippen molar-refractivity contribution < 1.29 is 22.6 Å². The highest BCUT2D eigenvalue weighted by molar-refractivity contribution is 5.89. The van der Waals surface area contributed by atoms with Gasteiger partial charge in [0, 0.05) is 24.8 Å². The highest BCUT2D eigenvalue weighted by Gasteiger charge is 2.35. The molecule has 2 saturated heterocycles. The number of hydrogen-bond donors (Lipinski definition) is 1. The zero-order chi connectivity index (χ0) is 25.7. The van der Waals surface area contributed by atoms with Crippen LogP contribution in [0.4, 0.5) is 19.1 Å². The third-order valence-electron chi connectivity index (χ3n) is 7.23. The second-order valence-electron chi connectivity index (χ2n) is 9.52. The van der Waals surface area contributed by atoms with Gasteiger partial charge in [0.2, 0.25) is 11.8 Å². The fourth-order valence-electron chi connectivity index (χ4n) is 4.96. The van der Waals surface area contributed by atoms with Crippen molar-refractivity contribution in [2.24, 2.45) is 0 Å². The van der Waals surface area contributed by atoms with Gasteiger partial charge in [-0.2, -0.15) is 4.98 Å². The van der Waals surface area contributed by atoms with Gasteiger partial charge >= 0.3 is 0 Å². The van der Waals surface area contributed by atoms with E-state index in [0.29, 0.717) is 54.7 Å². The standard InChI is InChI=1S/C24H27F3N8O2/c1-13(22(26)27)35-20-9-14(3-4-19(20)30-32-35)16-5-8-34-21(16)23(36-2)29-24(31-34)28-18-6-7-33(10-17(18)25)15-11-37-12-15/h3-5,8-9,13,15,17-18,22H,6-7,10-12H2,1-2H3,(H,28,31)/t13-,17+,18+/m1/s1. The molecule has 37 heavy (non-hydrogen) atoms. The highest BCUT2D eigenvalue weighted by atomic mass is 19.3. The summed E-state index contributed by atoms with van der Waals surface area (Å²) in [5.74, 6) is 0.577. The Bertz CT molecular complexity index is 1420. The van der Waals surface area contributed by atoms with Crippen molar-refractivity contribution in [1.82, 2.24) is 34.5 Å². The van der Waals surface area contributed by atoms with Crippen LogP contribution in [0.5, 0.6) is 5.88 Å². The van der Waals surface area contributed by atoms with Crippen LogP contribution in [-0.2, 0) is 4.74 Å². The summed E-state index contributed by atoms with van der Waals surface area (Å²) in [7, 11) is 1.51. The summed E-state index contributed by atoms with van der Waals surface area (Å²) in [6, 6.07) is 5.96. The van der Waals surface area contributed by atoms with Crippen molar-refractivity contribution in [2.45, 2.75) is 44.1 Å². The van der Waals surface area contributed by atoms with Crippen molar-refractivity contribution in [1.29, 1.82) is 0 Å². The molecule has 3 atom stereocenters. The maximum absolute atomic E-state index is 15.0. The molecule has 0 spiro atoms. The number of piperidine rings is 1. The predicted octanol–water partition coefficient (Wildman–Crippen LogP) is 3.20. The molecule has 0 bridgehead atoms. The van der Waals surface area contributed by atoms with Gasteiger partial charge in [-0.25, -0.2) is 22.4 Å². The van der Waals surface area contributed by atoms with Gasteiger partial charge in [-0.3, -0.25) is 4.90 Å². The Labute approximate surface area is 210 Å². The van der Waals surface area contributed by atoms with Gasteiger partial charge in [0.05, 0.1) is 37.9 Å². The minimum Gasteiger partial charge on any atom is -0.479 e. The van der Waals surface area contributed by atoms with E-state index in [1.165, 1.54) is 18.7 Å². The van der Waals surface area contributed by atoms with Crippen LogP contribution in [0.25, 0.3) is 27.7 Å². The summed E-state index contributed by atoms with van der Waals surface area (Å²) in [5, 5.41) is 15.6. The van der Waals surface area contributed by atoms with E-state index in [0.717, 1.165) is 17.7 Å². The highest BCUT2D eigenvalue weighted by Crippen LogP contribution is 2.34. The summed E-state index contributed by atoms with van der Waals surface area (Å²) in [6.07, 6.45) is -1.27. The fourth-order valence-corrected chi connectivity index (χ4v) is 4.96. The first-order valence-electron chi connectivity index (χ1n) is 12.2. The molecule has 0 radical (unpaired) electrons. The van der Waals surface area contributed by atoms with Gasteiger partial charge in [-0.1, -0.05) is 11.3 Å². The minimum absolute atomic E-state index is 0.267. The average Bonchev–Trinajstić information content (AvgIpc) is 3.47. The summed E-state index contributed by atoms with van der Waals surface area (Å²) < 4.78 is 55.3. The zero-order valence-corrected chi connectivity index (χ0v) is 20.4. The molecule has 0 aliphatic carbocycles. The number of anilines is 1. The van der Waals surface area contributed by atoms with E-state index < -0.39 is 24.7 Å². The van der Waals surface area contributed by atoms with Crippen molar-refractivity contribution in [3.05, 3.63) is 30.5 Å². The van der Waals surface area contributed by atoms with Crippen molar-refractivity contribution >= 4 is 22.5 Å². The Hall–Kier alpha value is -3.45.